The highest BCUT2D eigenvalue weighted by molar-refractivity contribution is 7.17. The lowest BCUT2D eigenvalue weighted by Crippen LogP contribution is -2.29. The number of rotatable bonds is 5. The normalized spacial score (nSPS) is 16.9. The molecule has 1 fully saturated rings. The number of fused-ring (bicyclic) bond motifs is 1. The molecule has 2 aliphatic rings. The average molecular weight is 294 g/mol. The van der Waals surface area contributed by atoms with Crippen molar-refractivity contribution >= 4 is 28.2 Å². The second kappa shape index (κ2) is 5.54. The van der Waals surface area contributed by atoms with Crippen molar-refractivity contribution in [1.29, 1.82) is 0 Å². The second-order valence-electron chi connectivity index (χ2n) is 5.26. The molecule has 1 aromatic heterocycles. The topological polar surface area (TPSA) is 67.4 Å². The number of hydrogen-bond donors (Lipinski definition) is 2. The molecule has 1 heterocycles. The predicted molar refractivity (Wildman–Crippen MR) is 77.3 cm³/mol. The van der Waals surface area contributed by atoms with Crippen LogP contribution < -0.4 is 10.6 Å². The lowest BCUT2D eigenvalue weighted by atomic mass is 10.1. The quantitative estimate of drug-likeness (QED) is 0.811. The Morgan fingerprint density at radius 3 is 2.85 bits per heavy atom. The van der Waals surface area contributed by atoms with Crippen molar-refractivity contribution in [2.75, 3.05) is 19.0 Å². The molecule has 0 aromatic carbocycles. The summed E-state index contributed by atoms with van der Waals surface area (Å²) in [5.41, 5.74) is 1.62. The molecule has 20 heavy (non-hydrogen) atoms. The van der Waals surface area contributed by atoms with Gasteiger partial charge in [-0.25, -0.2) is 4.79 Å². The van der Waals surface area contributed by atoms with Crippen molar-refractivity contribution in [1.82, 2.24) is 5.32 Å². The smallest absolute Gasteiger partial charge is 0.341 e. The Bertz CT molecular complexity index is 549. The van der Waals surface area contributed by atoms with E-state index in [9.17, 15) is 9.59 Å². The van der Waals surface area contributed by atoms with Crippen molar-refractivity contribution in [2.45, 2.75) is 38.1 Å². The molecule has 0 atom stereocenters. The lowest BCUT2D eigenvalue weighted by Gasteiger charge is -2.07. The van der Waals surface area contributed by atoms with E-state index in [1.54, 1.807) is 0 Å². The molecule has 1 aromatic rings. The number of carbonyl (C=O) groups excluding carboxylic acids is 2. The van der Waals surface area contributed by atoms with E-state index >= 15 is 0 Å². The van der Waals surface area contributed by atoms with E-state index in [0.29, 0.717) is 23.2 Å². The Morgan fingerprint density at radius 1 is 1.35 bits per heavy atom. The number of hydrogen-bond acceptors (Lipinski definition) is 5. The van der Waals surface area contributed by atoms with E-state index in [1.807, 2.05) is 0 Å². The van der Waals surface area contributed by atoms with Gasteiger partial charge in [0.05, 0.1) is 19.2 Å². The third-order valence-corrected chi connectivity index (χ3v) is 4.90. The van der Waals surface area contributed by atoms with Gasteiger partial charge in [-0.15, -0.1) is 11.3 Å². The number of carbonyl (C=O) groups is 2. The van der Waals surface area contributed by atoms with E-state index in [-0.39, 0.29) is 11.9 Å². The minimum atomic E-state index is -0.352. The molecule has 0 saturated heterocycles. The highest BCUT2D eigenvalue weighted by Crippen LogP contribution is 2.39. The van der Waals surface area contributed by atoms with Gasteiger partial charge in [0.25, 0.3) is 0 Å². The van der Waals surface area contributed by atoms with Crippen LogP contribution in [0.2, 0.25) is 0 Å². The molecule has 0 radical (unpaired) electrons. The Kier molecular flexibility index (Phi) is 3.76. The Hall–Kier alpha value is -1.40. The fraction of sp³-hybridized carbons (Fsp3) is 0.571. The standard InChI is InChI=1S/C14H18N2O3S/c1-19-14(18)12-9-3-2-4-10(9)20-13(12)16-11(17)7-15-8-5-6-8/h8,15H,2-7H2,1H3,(H,16,17). The highest BCUT2D eigenvalue weighted by Gasteiger charge is 2.28. The maximum absolute atomic E-state index is 11.9. The van der Waals surface area contributed by atoms with Gasteiger partial charge in [-0.2, -0.15) is 0 Å². The number of thiophene rings is 1. The monoisotopic (exact) mass is 294 g/mol. The van der Waals surface area contributed by atoms with Crippen LogP contribution >= 0.6 is 11.3 Å². The first-order valence-corrected chi connectivity index (χ1v) is 7.76. The number of nitrogens with one attached hydrogen (secondary N) is 2. The molecular weight excluding hydrogens is 276 g/mol. The summed E-state index contributed by atoms with van der Waals surface area (Å²) < 4.78 is 4.85. The van der Waals surface area contributed by atoms with Crippen molar-refractivity contribution in [3.05, 3.63) is 16.0 Å². The van der Waals surface area contributed by atoms with E-state index < -0.39 is 0 Å². The minimum absolute atomic E-state index is 0.0954. The van der Waals surface area contributed by atoms with Crippen LogP contribution in [0.4, 0.5) is 5.00 Å². The van der Waals surface area contributed by atoms with Crippen molar-refractivity contribution in [3.8, 4) is 0 Å². The van der Waals surface area contributed by atoms with Gasteiger partial charge in [0.1, 0.15) is 5.00 Å². The first kappa shape index (κ1) is 13.6. The number of amides is 1. The largest absolute Gasteiger partial charge is 0.465 e. The molecule has 5 nitrogen and oxygen atoms in total. The molecular formula is C14H18N2O3S. The molecule has 2 N–H and O–H groups in total. The van der Waals surface area contributed by atoms with Gasteiger partial charge in [0.2, 0.25) is 5.91 Å². The maximum atomic E-state index is 11.9. The van der Waals surface area contributed by atoms with Gasteiger partial charge < -0.3 is 15.4 Å². The number of ether oxygens (including phenoxy) is 1. The summed E-state index contributed by atoms with van der Waals surface area (Å²) in [5.74, 6) is -0.447. The van der Waals surface area contributed by atoms with Gasteiger partial charge in [-0.1, -0.05) is 0 Å². The molecule has 0 aliphatic heterocycles. The van der Waals surface area contributed by atoms with E-state index in [0.717, 1.165) is 37.7 Å². The number of aryl methyl sites for hydroxylation is 1. The number of esters is 1. The zero-order valence-electron chi connectivity index (χ0n) is 11.5. The summed E-state index contributed by atoms with van der Waals surface area (Å²) >= 11 is 1.51. The van der Waals surface area contributed by atoms with Crippen LogP contribution in [0.5, 0.6) is 0 Å². The van der Waals surface area contributed by atoms with Gasteiger partial charge in [-0.3, -0.25) is 4.79 Å². The second-order valence-corrected chi connectivity index (χ2v) is 6.36. The summed E-state index contributed by atoms with van der Waals surface area (Å²) in [6, 6.07) is 0.495. The first-order valence-electron chi connectivity index (χ1n) is 6.95. The van der Waals surface area contributed by atoms with Crippen LogP contribution in [0.15, 0.2) is 0 Å². The number of methoxy groups -OCH3 is 1. The van der Waals surface area contributed by atoms with Crippen LogP contribution in [0.3, 0.4) is 0 Å². The van der Waals surface area contributed by atoms with E-state index in [4.69, 9.17) is 4.74 Å². The van der Waals surface area contributed by atoms with Gasteiger partial charge in [0.15, 0.2) is 0 Å². The summed E-state index contributed by atoms with van der Waals surface area (Å²) in [7, 11) is 1.38. The van der Waals surface area contributed by atoms with Gasteiger partial charge in [0, 0.05) is 10.9 Å². The molecule has 3 rings (SSSR count). The van der Waals surface area contributed by atoms with Crippen LogP contribution in [0, 0.1) is 0 Å². The van der Waals surface area contributed by atoms with Gasteiger partial charge in [-0.05, 0) is 37.7 Å². The maximum Gasteiger partial charge on any atom is 0.341 e. The van der Waals surface area contributed by atoms with Crippen molar-refractivity contribution in [2.24, 2.45) is 0 Å². The number of anilines is 1. The third kappa shape index (κ3) is 2.71. The molecule has 108 valence electrons. The zero-order chi connectivity index (χ0) is 14.1. The Labute approximate surface area is 121 Å². The summed E-state index contributed by atoms with van der Waals surface area (Å²) in [6.07, 6.45) is 5.25. The van der Waals surface area contributed by atoms with Crippen LogP contribution in [0.25, 0.3) is 0 Å². The fourth-order valence-electron chi connectivity index (χ4n) is 2.51. The Balaban J connectivity index is 1.74. The van der Waals surface area contributed by atoms with Gasteiger partial charge >= 0.3 is 5.97 Å². The van der Waals surface area contributed by atoms with E-state index in [1.165, 1.54) is 23.3 Å². The van der Waals surface area contributed by atoms with Crippen LogP contribution in [0.1, 0.15) is 40.1 Å². The fourth-order valence-corrected chi connectivity index (χ4v) is 3.80. The SMILES string of the molecule is COC(=O)c1c(NC(=O)CNC2CC2)sc2c1CCC2. The molecule has 1 saturated carbocycles. The molecule has 6 heteroatoms. The summed E-state index contributed by atoms with van der Waals surface area (Å²) in [6.45, 7) is 0.299. The molecule has 2 aliphatic carbocycles. The van der Waals surface area contributed by atoms with Crippen molar-refractivity contribution in [3.63, 3.8) is 0 Å². The lowest BCUT2D eigenvalue weighted by molar-refractivity contribution is -0.115. The minimum Gasteiger partial charge on any atom is -0.465 e. The zero-order valence-corrected chi connectivity index (χ0v) is 12.3. The van der Waals surface area contributed by atoms with Crippen molar-refractivity contribution < 1.29 is 14.3 Å². The Morgan fingerprint density at radius 2 is 2.15 bits per heavy atom. The molecule has 0 bridgehead atoms. The average Bonchev–Trinajstić information content (AvgIpc) is 3.06. The van der Waals surface area contributed by atoms with Crippen LogP contribution in [-0.4, -0.2) is 31.6 Å². The van der Waals surface area contributed by atoms with Crippen LogP contribution in [-0.2, 0) is 22.4 Å². The first-order chi connectivity index (χ1) is 9.69. The highest BCUT2D eigenvalue weighted by atomic mass is 32.1. The van der Waals surface area contributed by atoms with E-state index in [2.05, 4.69) is 10.6 Å². The molecule has 1 amide bonds. The predicted octanol–water partition coefficient (Wildman–Crippen LogP) is 1.71. The summed E-state index contributed by atoms with van der Waals surface area (Å²) in [5, 5.41) is 6.66. The molecule has 0 spiro atoms. The summed E-state index contributed by atoms with van der Waals surface area (Å²) in [4.78, 5) is 25.1. The molecule has 0 unspecified atom stereocenters. The third-order valence-electron chi connectivity index (χ3n) is 3.69.